The number of ether oxygens (including phenoxy) is 1. The van der Waals surface area contributed by atoms with Gasteiger partial charge in [0, 0.05) is 19.3 Å². The lowest BCUT2D eigenvalue weighted by atomic mass is 10.1. The monoisotopic (exact) mass is 341 g/mol. The van der Waals surface area contributed by atoms with Crippen LogP contribution in [0.5, 0.6) is 5.75 Å². The minimum absolute atomic E-state index is 0.137. The van der Waals surface area contributed by atoms with Crippen LogP contribution in [0.2, 0.25) is 0 Å². The maximum Gasteiger partial charge on any atom is 0.239 e. The van der Waals surface area contributed by atoms with Crippen LogP contribution in [-0.2, 0) is 4.79 Å². The maximum absolute atomic E-state index is 12.1. The van der Waals surface area contributed by atoms with Crippen molar-refractivity contribution in [2.24, 2.45) is 0 Å². The molecule has 1 aromatic carbocycles. The molecule has 132 valence electrons. The molecule has 2 heterocycles. The van der Waals surface area contributed by atoms with Crippen molar-refractivity contribution in [1.82, 2.24) is 9.88 Å². The molecule has 1 amide bonds. The predicted octanol–water partition coefficient (Wildman–Crippen LogP) is 1.84. The summed E-state index contributed by atoms with van der Waals surface area (Å²) in [7, 11) is 0. The fourth-order valence-corrected chi connectivity index (χ4v) is 2.94. The van der Waals surface area contributed by atoms with Gasteiger partial charge in [-0.25, -0.2) is 4.98 Å². The first kappa shape index (κ1) is 17.4. The van der Waals surface area contributed by atoms with Gasteiger partial charge in [0.15, 0.2) is 0 Å². The number of nitrogens with zero attached hydrogens (tertiary/aromatic N) is 2. The summed E-state index contributed by atoms with van der Waals surface area (Å²) in [6, 6.07) is 13.1. The van der Waals surface area contributed by atoms with Gasteiger partial charge in [-0.2, -0.15) is 0 Å². The minimum Gasteiger partial charge on any atom is -0.491 e. The molecule has 6 heteroatoms. The van der Waals surface area contributed by atoms with Crippen molar-refractivity contribution in [3.8, 4) is 5.75 Å². The van der Waals surface area contributed by atoms with Gasteiger partial charge in [0.1, 0.15) is 23.8 Å². The number of benzene rings is 1. The number of amides is 1. The first-order valence-corrected chi connectivity index (χ1v) is 8.38. The topological polar surface area (TPSA) is 74.7 Å². The number of hydrogen-bond donors (Lipinski definition) is 2. The van der Waals surface area contributed by atoms with Gasteiger partial charge in [-0.15, -0.1) is 0 Å². The van der Waals surface area contributed by atoms with Crippen LogP contribution in [0.25, 0.3) is 0 Å². The lowest BCUT2D eigenvalue weighted by Crippen LogP contribution is -2.41. The molecule has 1 aliphatic heterocycles. The molecule has 1 aliphatic rings. The van der Waals surface area contributed by atoms with Crippen LogP contribution in [0, 0.1) is 6.92 Å². The Morgan fingerprint density at radius 1 is 1.36 bits per heavy atom. The van der Waals surface area contributed by atoms with Gasteiger partial charge in [0.2, 0.25) is 5.91 Å². The second-order valence-electron chi connectivity index (χ2n) is 6.55. The van der Waals surface area contributed by atoms with E-state index in [1.54, 1.807) is 18.3 Å². The average Bonchev–Trinajstić information content (AvgIpc) is 2.95. The number of rotatable bonds is 6. The van der Waals surface area contributed by atoms with Gasteiger partial charge in [0.25, 0.3) is 0 Å². The Morgan fingerprint density at radius 2 is 2.24 bits per heavy atom. The molecule has 0 saturated carbocycles. The van der Waals surface area contributed by atoms with E-state index in [9.17, 15) is 9.90 Å². The Hall–Kier alpha value is -2.44. The van der Waals surface area contributed by atoms with E-state index in [1.165, 1.54) is 0 Å². The zero-order valence-electron chi connectivity index (χ0n) is 14.3. The minimum atomic E-state index is -0.935. The highest BCUT2D eigenvalue weighted by atomic mass is 16.5. The molecule has 0 bridgehead atoms. The van der Waals surface area contributed by atoms with Crippen LogP contribution in [0.4, 0.5) is 5.82 Å². The van der Waals surface area contributed by atoms with Gasteiger partial charge in [-0.3, -0.25) is 9.69 Å². The van der Waals surface area contributed by atoms with Crippen molar-refractivity contribution in [2.75, 3.05) is 31.6 Å². The molecular formula is C19H23N3O3. The molecule has 3 rings (SSSR count). The average molecular weight is 341 g/mol. The van der Waals surface area contributed by atoms with Crippen LogP contribution in [0.1, 0.15) is 12.0 Å². The number of β-amino-alcohol motifs (C(OH)–C–C–N with tert-alkyl or cyclic N) is 1. The molecule has 0 unspecified atom stereocenters. The molecule has 0 radical (unpaired) electrons. The van der Waals surface area contributed by atoms with Crippen molar-refractivity contribution in [3.05, 3.63) is 54.2 Å². The van der Waals surface area contributed by atoms with E-state index in [-0.39, 0.29) is 19.1 Å². The summed E-state index contributed by atoms with van der Waals surface area (Å²) in [5, 5.41) is 13.4. The van der Waals surface area contributed by atoms with Crippen molar-refractivity contribution < 1.29 is 14.6 Å². The number of aliphatic hydroxyl groups is 1. The zero-order chi connectivity index (χ0) is 17.7. The molecule has 0 aliphatic carbocycles. The predicted molar refractivity (Wildman–Crippen MR) is 95.5 cm³/mol. The number of nitrogens with one attached hydrogen (secondary N) is 1. The van der Waals surface area contributed by atoms with E-state index in [1.807, 2.05) is 42.2 Å². The SMILES string of the molecule is Cc1cccc(OC[C@]2(O)CCN(CC(=O)Nc3ccccn3)C2)c1. The number of likely N-dealkylation sites (tertiary alicyclic amines) is 1. The summed E-state index contributed by atoms with van der Waals surface area (Å²) in [5.74, 6) is 1.15. The Balaban J connectivity index is 1.47. The highest BCUT2D eigenvalue weighted by Gasteiger charge is 2.37. The molecule has 1 fully saturated rings. The summed E-state index contributed by atoms with van der Waals surface area (Å²) in [6.07, 6.45) is 2.21. The normalized spacial score (nSPS) is 20.4. The molecule has 25 heavy (non-hydrogen) atoms. The molecule has 6 nitrogen and oxygen atoms in total. The van der Waals surface area contributed by atoms with Gasteiger partial charge in [0.05, 0.1) is 6.54 Å². The molecule has 1 aromatic heterocycles. The molecule has 0 spiro atoms. The third-order valence-electron chi connectivity index (χ3n) is 4.21. The fourth-order valence-electron chi connectivity index (χ4n) is 2.94. The summed E-state index contributed by atoms with van der Waals surface area (Å²) < 4.78 is 5.74. The Morgan fingerprint density at radius 3 is 3.00 bits per heavy atom. The quantitative estimate of drug-likeness (QED) is 0.839. The number of hydrogen-bond acceptors (Lipinski definition) is 5. The van der Waals surface area contributed by atoms with Gasteiger partial charge in [-0.1, -0.05) is 18.2 Å². The number of aryl methyl sites for hydroxylation is 1. The van der Waals surface area contributed by atoms with E-state index >= 15 is 0 Å². The lowest BCUT2D eigenvalue weighted by molar-refractivity contribution is -0.117. The summed E-state index contributed by atoms with van der Waals surface area (Å²) in [5.41, 5.74) is 0.179. The molecule has 1 saturated heterocycles. The molecule has 2 N–H and O–H groups in total. The zero-order valence-corrected chi connectivity index (χ0v) is 14.3. The highest BCUT2D eigenvalue weighted by Crippen LogP contribution is 2.23. The maximum atomic E-state index is 12.1. The third-order valence-corrected chi connectivity index (χ3v) is 4.21. The first-order valence-electron chi connectivity index (χ1n) is 8.38. The van der Waals surface area contributed by atoms with Crippen LogP contribution in [-0.4, -0.2) is 52.7 Å². The van der Waals surface area contributed by atoms with Gasteiger partial charge in [-0.05, 0) is 43.2 Å². The largest absolute Gasteiger partial charge is 0.491 e. The van der Waals surface area contributed by atoms with Crippen molar-refractivity contribution >= 4 is 11.7 Å². The number of carbonyl (C=O) groups is 1. The van der Waals surface area contributed by atoms with Crippen LogP contribution in [0.3, 0.4) is 0 Å². The van der Waals surface area contributed by atoms with Crippen molar-refractivity contribution in [3.63, 3.8) is 0 Å². The highest BCUT2D eigenvalue weighted by molar-refractivity contribution is 5.91. The van der Waals surface area contributed by atoms with E-state index in [4.69, 9.17) is 4.74 Å². The second-order valence-corrected chi connectivity index (χ2v) is 6.55. The summed E-state index contributed by atoms with van der Waals surface area (Å²) >= 11 is 0. The molecule has 2 aromatic rings. The van der Waals surface area contributed by atoms with Crippen LogP contribution in [0.15, 0.2) is 48.7 Å². The summed E-state index contributed by atoms with van der Waals surface area (Å²) in [6.45, 7) is 3.51. The summed E-state index contributed by atoms with van der Waals surface area (Å²) in [4.78, 5) is 18.1. The fraction of sp³-hybridized carbons (Fsp3) is 0.368. The Kier molecular flexibility index (Phi) is 5.31. The van der Waals surface area contributed by atoms with Gasteiger partial charge >= 0.3 is 0 Å². The van der Waals surface area contributed by atoms with Crippen LogP contribution >= 0.6 is 0 Å². The number of aromatic nitrogens is 1. The lowest BCUT2D eigenvalue weighted by Gasteiger charge is -2.23. The van der Waals surface area contributed by atoms with E-state index < -0.39 is 5.60 Å². The Bertz CT molecular complexity index is 723. The van der Waals surface area contributed by atoms with Crippen molar-refractivity contribution in [2.45, 2.75) is 18.9 Å². The first-order chi connectivity index (χ1) is 12.0. The van der Waals surface area contributed by atoms with E-state index in [0.717, 1.165) is 11.3 Å². The van der Waals surface area contributed by atoms with Crippen molar-refractivity contribution in [1.29, 1.82) is 0 Å². The molecular weight excluding hydrogens is 318 g/mol. The number of carbonyl (C=O) groups excluding carboxylic acids is 1. The number of anilines is 1. The van der Waals surface area contributed by atoms with E-state index in [0.29, 0.717) is 25.3 Å². The second kappa shape index (κ2) is 7.63. The standard InChI is InChI=1S/C19H23N3O3/c1-15-5-4-6-16(11-15)25-14-19(24)8-10-22(13-19)12-18(23)21-17-7-2-3-9-20-17/h2-7,9,11,24H,8,10,12-14H2,1H3,(H,20,21,23)/t19-/m0/s1. The van der Waals surface area contributed by atoms with Crippen LogP contribution < -0.4 is 10.1 Å². The smallest absolute Gasteiger partial charge is 0.239 e. The third kappa shape index (κ3) is 5.01. The van der Waals surface area contributed by atoms with E-state index in [2.05, 4.69) is 10.3 Å². The molecule has 1 atom stereocenters. The van der Waals surface area contributed by atoms with Gasteiger partial charge < -0.3 is 15.2 Å². The number of pyridine rings is 1. The Labute approximate surface area is 147 Å².